The van der Waals surface area contributed by atoms with Crippen LogP contribution in [-0.4, -0.2) is 42.8 Å². The fourth-order valence-electron chi connectivity index (χ4n) is 4.48. The van der Waals surface area contributed by atoms with E-state index in [1.807, 2.05) is 0 Å². The van der Waals surface area contributed by atoms with E-state index in [1.165, 1.54) is 39.4 Å². The van der Waals surface area contributed by atoms with Crippen molar-refractivity contribution in [2.24, 2.45) is 0 Å². The van der Waals surface area contributed by atoms with Gasteiger partial charge in [-0.3, -0.25) is 9.36 Å². The van der Waals surface area contributed by atoms with Gasteiger partial charge in [0, 0.05) is 25.7 Å². The standard InChI is InChI=1S/C23H31N3O5S/c27-22(24-13-12-18-8-4-3-5-9-18)17-26-20-11-10-19(16-21(20)31-23(26)28)32(29,30)25-14-6-1-2-7-15-25/h8,10-11,16H,1-7,9,12-15,17H2,(H,24,27). The van der Waals surface area contributed by atoms with Gasteiger partial charge in [-0.2, -0.15) is 4.31 Å². The van der Waals surface area contributed by atoms with Crippen LogP contribution in [0.3, 0.4) is 0 Å². The highest BCUT2D eigenvalue weighted by molar-refractivity contribution is 7.89. The van der Waals surface area contributed by atoms with Crippen LogP contribution in [0, 0.1) is 0 Å². The van der Waals surface area contributed by atoms with E-state index in [1.54, 1.807) is 6.07 Å². The van der Waals surface area contributed by atoms with Gasteiger partial charge in [-0.15, -0.1) is 0 Å². The maximum Gasteiger partial charge on any atom is 0.420 e. The number of nitrogens with one attached hydrogen (secondary N) is 1. The van der Waals surface area contributed by atoms with E-state index in [0.717, 1.165) is 44.9 Å². The predicted molar refractivity (Wildman–Crippen MR) is 122 cm³/mol. The minimum atomic E-state index is -3.65. The Balaban J connectivity index is 1.45. The van der Waals surface area contributed by atoms with Crippen molar-refractivity contribution >= 4 is 27.0 Å². The average molecular weight is 462 g/mol. The van der Waals surface area contributed by atoms with Crippen molar-refractivity contribution in [3.05, 3.63) is 40.4 Å². The minimum Gasteiger partial charge on any atom is -0.408 e. The molecular formula is C23H31N3O5S. The van der Waals surface area contributed by atoms with Crippen molar-refractivity contribution in [1.29, 1.82) is 0 Å². The van der Waals surface area contributed by atoms with Crippen molar-refractivity contribution in [3.8, 4) is 0 Å². The Kier molecular flexibility index (Phi) is 7.15. The molecule has 0 unspecified atom stereocenters. The Morgan fingerprint density at radius 1 is 1.06 bits per heavy atom. The molecule has 1 N–H and O–H groups in total. The number of amides is 1. The largest absolute Gasteiger partial charge is 0.420 e. The summed E-state index contributed by atoms with van der Waals surface area (Å²) in [5, 5.41) is 2.86. The molecule has 2 aromatic rings. The van der Waals surface area contributed by atoms with E-state index in [-0.39, 0.29) is 22.9 Å². The molecule has 1 aliphatic carbocycles. The number of oxazole rings is 1. The van der Waals surface area contributed by atoms with Crippen LogP contribution in [0.25, 0.3) is 11.1 Å². The van der Waals surface area contributed by atoms with Crippen LogP contribution in [-0.2, 0) is 21.4 Å². The average Bonchev–Trinajstić information content (AvgIpc) is 2.96. The second-order valence-corrected chi connectivity index (χ2v) is 10.5. The van der Waals surface area contributed by atoms with E-state index >= 15 is 0 Å². The molecule has 9 heteroatoms. The van der Waals surface area contributed by atoms with E-state index in [0.29, 0.717) is 25.2 Å². The Hall–Kier alpha value is -2.39. The second kappa shape index (κ2) is 10.0. The molecule has 0 bridgehead atoms. The molecular weight excluding hydrogens is 430 g/mol. The summed E-state index contributed by atoms with van der Waals surface area (Å²) in [7, 11) is -3.65. The topological polar surface area (TPSA) is 102 Å². The molecule has 2 heterocycles. The molecule has 1 amide bonds. The van der Waals surface area contributed by atoms with Crippen LogP contribution in [0.1, 0.15) is 57.8 Å². The monoisotopic (exact) mass is 461 g/mol. The highest BCUT2D eigenvalue weighted by Gasteiger charge is 2.26. The zero-order valence-corrected chi connectivity index (χ0v) is 19.2. The van der Waals surface area contributed by atoms with E-state index in [4.69, 9.17) is 4.42 Å². The van der Waals surface area contributed by atoms with Gasteiger partial charge < -0.3 is 9.73 Å². The SMILES string of the molecule is O=C(Cn1c(=O)oc2cc(S(=O)(=O)N3CCCCCC3)ccc21)NCCC1=CCCCC1. The van der Waals surface area contributed by atoms with Crippen molar-refractivity contribution in [1.82, 2.24) is 14.2 Å². The maximum absolute atomic E-state index is 13.0. The first kappa shape index (κ1) is 22.8. The fourth-order valence-corrected chi connectivity index (χ4v) is 6.01. The molecule has 0 radical (unpaired) electrons. The first-order valence-electron chi connectivity index (χ1n) is 11.5. The molecule has 0 atom stereocenters. The van der Waals surface area contributed by atoms with Gasteiger partial charge in [-0.25, -0.2) is 13.2 Å². The maximum atomic E-state index is 13.0. The summed E-state index contributed by atoms with van der Waals surface area (Å²) in [6.07, 6.45) is 11.5. The molecule has 2 aliphatic rings. The number of aromatic nitrogens is 1. The van der Waals surface area contributed by atoms with Gasteiger partial charge in [-0.1, -0.05) is 24.5 Å². The third kappa shape index (κ3) is 5.15. The second-order valence-electron chi connectivity index (χ2n) is 8.61. The van der Waals surface area contributed by atoms with E-state index in [9.17, 15) is 18.0 Å². The summed E-state index contributed by atoms with van der Waals surface area (Å²) in [6, 6.07) is 4.42. The van der Waals surface area contributed by atoms with Gasteiger partial charge in [0.05, 0.1) is 10.4 Å². The minimum absolute atomic E-state index is 0.109. The van der Waals surface area contributed by atoms with Gasteiger partial charge in [0.2, 0.25) is 15.9 Å². The van der Waals surface area contributed by atoms with Gasteiger partial charge in [0.1, 0.15) is 6.54 Å². The highest BCUT2D eigenvalue weighted by atomic mass is 32.2. The summed E-state index contributed by atoms with van der Waals surface area (Å²) in [5.41, 5.74) is 1.96. The van der Waals surface area contributed by atoms with Crippen LogP contribution in [0.4, 0.5) is 0 Å². The molecule has 0 saturated carbocycles. The molecule has 1 aromatic heterocycles. The lowest BCUT2D eigenvalue weighted by Gasteiger charge is -2.19. The Labute approximate surface area is 188 Å². The smallest absolute Gasteiger partial charge is 0.408 e. The highest BCUT2D eigenvalue weighted by Crippen LogP contribution is 2.24. The number of allylic oxidation sites excluding steroid dienone is 1. The molecule has 8 nitrogen and oxygen atoms in total. The van der Waals surface area contributed by atoms with E-state index < -0.39 is 15.8 Å². The first-order valence-corrected chi connectivity index (χ1v) is 13.0. The molecule has 1 fully saturated rings. The van der Waals surface area contributed by atoms with Crippen LogP contribution >= 0.6 is 0 Å². The summed E-state index contributed by atoms with van der Waals surface area (Å²) < 4.78 is 34.1. The molecule has 4 rings (SSSR count). The van der Waals surface area contributed by atoms with Crippen molar-refractivity contribution in [2.45, 2.75) is 69.2 Å². The summed E-state index contributed by atoms with van der Waals surface area (Å²) >= 11 is 0. The van der Waals surface area contributed by atoms with Crippen LogP contribution in [0.5, 0.6) is 0 Å². The third-order valence-corrected chi connectivity index (χ3v) is 8.19. The molecule has 32 heavy (non-hydrogen) atoms. The number of fused-ring (bicyclic) bond motifs is 1. The fraction of sp³-hybridized carbons (Fsp3) is 0.565. The van der Waals surface area contributed by atoms with Gasteiger partial charge in [0.15, 0.2) is 5.58 Å². The summed E-state index contributed by atoms with van der Waals surface area (Å²) in [4.78, 5) is 24.8. The lowest BCUT2D eigenvalue weighted by molar-refractivity contribution is -0.121. The van der Waals surface area contributed by atoms with Gasteiger partial charge >= 0.3 is 5.76 Å². The Bertz CT molecular complexity index is 1150. The van der Waals surface area contributed by atoms with E-state index in [2.05, 4.69) is 11.4 Å². The van der Waals surface area contributed by atoms with Crippen molar-refractivity contribution in [3.63, 3.8) is 0 Å². The number of benzene rings is 1. The number of nitrogens with zero attached hydrogens (tertiary/aromatic N) is 2. The van der Waals surface area contributed by atoms with Crippen molar-refractivity contribution < 1.29 is 17.6 Å². The van der Waals surface area contributed by atoms with Crippen molar-refractivity contribution in [2.75, 3.05) is 19.6 Å². The number of hydrogen-bond donors (Lipinski definition) is 1. The molecule has 1 aliphatic heterocycles. The lowest BCUT2D eigenvalue weighted by atomic mass is 9.97. The number of sulfonamides is 1. The predicted octanol–water partition coefficient (Wildman–Crippen LogP) is 3.17. The zero-order chi connectivity index (χ0) is 22.6. The quantitative estimate of drug-likeness (QED) is 0.638. The Morgan fingerprint density at radius 2 is 1.84 bits per heavy atom. The number of rotatable bonds is 7. The summed E-state index contributed by atoms with van der Waals surface area (Å²) in [6.45, 7) is 1.38. The number of hydrogen-bond acceptors (Lipinski definition) is 5. The van der Waals surface area contributed by atoms with Crippen LogP contribution in [0.15, 0.2) is 44.0 Å². The molecule has 0 spiro atoms. The zero-order valence-electron chi connectivity index (χ0n) is 18.3. The number of carbonyl (C=O) groups excluding carboxylic acids is 1. The van der Waals surface area contributed by atoms with Crippen LogP contribution < -0.4 is 11.1 Å². The summed E-state index contributed by atoms with van der Waals surface area (Å²) in [5.74, 6) is -0.943. The van der Waals surface area contributed by atoms with Gasteiger partial charge in [-0.05, 0) is 57.1 Å². The van der Waals surface area contributed by atoms with Gasteiger partial charge in [0.25, 0.3) is 0 Å². The molecule has 174 valence electrons. The third-order valence-electron chi connectivity index (χ3n) is 6.30. The number of carbonyl (C=O) groups is 1. The molecule has 1 saturated heterocycles. The first-order chi connectivity index (χ1) is 15.4. The Morgan fingerprint density at radius 3 is 2.56 bits per heavy atom. The molecule has 1 aromatic carbocycles. The normalized spacial score (nSPS) is 18.3. The lowest BCUT2D eigenvalue weighted by Crippen LogP contribution is -2.32. The van der Waals surface area contributed by atoms with Crippen LogP contribution in [0.2, 0.25) is 0 Å².